The van der Waals surface area contributed by atoms with Gasteiger partial charge in [-0.25, -0.2) is 4.98 Å². The third kappa shape index (κ3) is 5.36. The molecule has 180 valence electrons. The highest BCUT2D eigenvalue weighted by Crippen LogP contribution is 2.26. The van der Waals surface area contributed by atoms with Gasteiger partial charge in [-0.1, -0.05) is 26.0 Å². The first-order chi connectivity index (χ1) is 16.5. The summed E-state index contributed by atoms with van der Waals surface area (Å²) in [6.07, 6.45) is 5.15. The van der Waals surface area contributed by atoms with Gasteiger partial charge in [0, 0.05) is 23.8 Å². The predicted molar refractivity (Wildman–Crippen MR) is 127 cm³/mol. The van der Waals surface area contributed by atoms with Gasteiger partial charge in [-0.3, -0.25) is 14.7 Å². The Balaban J connectivity index is 1.45. The molecule has 0 unspecified atom stereocenters. The SMILES string of the molecule is CCC(CC)NC(=O)c1cnc(-c2cccc(-c3cc(C(=O)N[C@@H](C)[C@@H]4CCCO4)[nH]n3)c2)o1. The number of hydrogen-bond acceptors (Lipinski definition) is 6. The molecule has 9 heteroatoms. The maximum absolute atomic E-state index is 12.6. The van der Waals surface area contributed by atoms with Crippen molar-refractivity contribution in [2.45, 2.75) is 64.6 Å². The zero-order valence-corrected chi connectivity index (χ0v) is 19.8. The fourth-order valence-electron chi connectivity index (χ4n) is 4.03. The lowest BCUT2D eigenvalue weighted by molar-refractivity contribution is 0.0709. The average molecular weight is 466 g/mol. The summed E-state index contributed by atoms with van der Waals surface area (Å²) < 4.78 is 11.4. The first-order valence-electron chi connectivity index (χ1n) is 11.8. The van der Waals surface area contributed by atoms with Crippen molar-refractivity contribution in [2.75, 3.05) is 6.61 Å². The lowest BCUT2D eigenvalue weighted by atomic mass is 10.1. The molecule has 3 aromatic rings. The van der Waals surface area contributed by atoms with Crippen LogP contribution in [0.3, 0.4) is 0 Å². The number of nitrogens with one attached hydrogen (secondary N) is 3. The molecule has 0 spiro atoms. The number of aromatic amines is 1. The molecule has 1 saturated heterocycles. The van der Waals surface area contributed by atoms with Crippen molar-refractivity contribution < 1.29 is 18.7 Å². The number of benzene rings is 1. The Labute approximate surface area is 198 Å². The minimum atomic E-state index is -0.274. The number of amides is 2. The molecule has 1 fully saturated rings. The number of H-pyrrole nitrogens is 1. The van der Waals surface area contributed by atoms with Crippen LogP contribution in [0.5, 0.6) is 0 Å². The van der Waals surface area contributed by atoms with E-state index in [1.54, 1.807) is 6.07 Å². The van der Waals surface area contributed by atoms with E-state index in [9.17, 15) is 9.59 Å². The molecular weight excluding hydrogens is 434 g/mol. The van der Waals surface area contributed by atoms with Gasteiger partial charge in [0.1, 0.15) is 5.69 Å². The van der Waals surface area contributed by atoms with E-state index in [1.165, 1.54) is 6.20 Å². The van der Waals surface area contributed by atoms with E-state index < -0.39 is 0 Å². The standard InChI is InChI=1S/C25H31N5O4/c1-4-18(5-2)28-24(32)22-14-26-25(34-22)17-9-6-8-16(12-17)19-13-20(30-29-19)23(31)27-15(3)21-10-7-11-33-21/h6,8-9,12-15,18,21H,4-5,7,10-11H2,1-3H3,(H,27,31)(H,28,32)(H,29,30)/t15-,21-/m0/s1. The Bertz CT molecular complexity index is 1130. The summed E-state index contributed by atoms with van der Waals surface area (Å²) in [6.45, 7) is 6.75. The van der Waals surface area contributed by atoms with Crippen LogP contribution >= 0.6 is 0 Å². The molecule has 2 amide bonds. The fraction of sp³-hybridized carbons (Fsp3) is 0.440. The topological polar surface area (TPSA) is 122 Å². The van der Waals surface area contributed by atoms with Gasteiger partial charge in [-0.2, -0.15) is 5.10 Å². The number of rotatable bonds is 9. The van der Waals surface area contributed by atoms with Gasteiger partial charge in [0.2, 0.25) is 11.7 Å². The molecular formula is C25H31N5O4. The molecule has 4 rings (SSSR count). The van der Waals surface area contributed by atoms with Crippen LogP contribution in [0.2, 0.25) is 0 Å². The average Bonchev–Trinajstić information content (AvgIpc) is 3.64. The van der Waals surface area contributed by atoms with Crippen molar-refractivity contribution in [3.05, 3.63) is 48.0 Å². The molecule has 3 N–H and O–H groups in total. The lowest BCUT2D eigenvalue weighted by Gasteiger charge is -2.19. The van der Waals surface area contributed by atoms with Crippen molar-refractivity contribution in [1.82, 2.24) is 25.8 Å². The number of hydrogen-bond donors (Lipinski definition) is 3. The van der Waals surface area contributed by atoms with Crippen LogP contribution < -0.4 is 10.6 Å². The van der Waals surface area contributed by atoms with Gasteiger partial charge < -0.3 is 19.8 Å². The van der Waals surface area contributed by atoms with Gasteiger partial charge in [-0.15, -0.1) is 0 Å². The maximum Gasteiger partial charge on any atom is 0.288 e. The molecule has 34 heavy (non-hydrogen) atoms. The summed E-state index contributed by atoms with van der Waals surface area (Å²) in [4.78, 5) is 29.3. The van der Waals surface area contributed by atoms with Crippen LogP contribution in [0, 0.1) is 0 Å². The fourth-order valence-corrected chi connectivity index (χ4v) is 4.03. The van der Waals surface area contributed by atoms with Crippen molar-refractivity contribution in [3.8, 4) is 22.7 Å². The number of carbonyl (C=O) groups is 2. The van der Waals surface area contributed by atoms with Crippen LogP contribution in [-0.4, -0.2) is 51.8 Å². The highest BCUT2D eigenvalue weighted by atomic mass is 16.5. The Hall–Kier alpha value is -3.46. The van der Waals surface area contributed by atoms with Crippen molar-refractivity contribution >= 4 is 11.8 Å². The quantitative estimate of drug-likeness (QED) is 0.440. The normalized spacial score (nSPS) is 16.5. The molecule has 1 aromatic carbocycles. The number of aromatic nitrogens is 3. The Morgan fingerprint density at radius 3 is 2.68 bits per heavy atom. The molecule has 1 aliphatic heterocycles. The molecule has 1 aliphatic rings. The van der Waals surface area contributed by atoms with Gasteiger partial charge in [0.05, 0.1) is 24.0 Å². The number of ether oxygens (including phenoxy) is 1. The zero-order valence-electron chi connectivity index (χ0n) is 19.8. The van der Waals surface area contributed by atoms with E-state index in [4.69, 9.17) is 9.15 Å². The highest BCUT2D eigenvalue weighted by Gasteiger charge is 2.24. The van der Waals surface area contributed by atoms with E-state index >= 15 is 0 Å². The Morgan fingerprint density at radius 1 is 1.15 bits per heavy atom. The molecule has 9 nitrogen and oxygen atoms in total. The number of nitrogens with zero attached hydrogens (tertiary/aromatic N) is 2. The first kappa shape index (κ1) is 23.7. The second-order valence-corrected chi connectivity index (χ2v) is 8.58. The van der Waals surface area contributed by atoms with Crippen molar-refractivity contribution in [1.29, 1.82) is 0 Å². The third-order valence-corrected chi connectivity index (χ3v) is 6.16. The minimum absolute atomic E-state index is 0.0469. The highest BCUT2D eigenvalue weighted by molar-refractivity contribution is 5.93. The summed E-state index contributed by atoms with van der Waals surface area (Å²) >= 11 is 0. The van der Waals surface area contributed by atoms with Gasteiger partial charge >= 0.3 is 0 Å². The van der Waals surface area contributed by atoms with E-state index in [0.29, 0.717) is 22.8 Å². The molecule has 2 atom stereocenters. The van der Waals surface area contributed by atoms with Crippen LogP contribution in [0.4, 0.5) is 0 Å². The van der Waals surface area contributed by atoms with E-state index in [1.807, 2.05) is 45.0 Å². The third-order valence-electron chi connectivity index (χ3n) is 6.16. The van der Waals surface area contributed by atoms with E-state index in [2.05, 4.69) is 25.8 Å². The first-order valence-corrected chi connectivity index (χ1v) is 11.8. The molecule has 0 radical (unpaired) electrons. The molecule has 3 heterocycles. The van der Waals surface area contributed by atoms with Crippen LogP contribution in [0.25, 0.3) is 22.7 Å². The smallest absolute Gasteiger partial charge is 0.288 e. The second-order valence-electron chi connectivity index (χ2n) is 8.58. The van der Waals surface area contributed by atoms with Gasteiger partial charge in [-0.05, 0) is 50.8 Å². The largest absolute Gasteiger partial charge is 0.431 e. The Morgan fingerprint density at radius 2 is 1.94 bits per heavy atom. The summed E-state index contributed by atoms with van der Waals surface area (Å²) in [5.41, 5.74) is 2.50. The van der Waals surface area contributed by atoms with Crippen LogP contribution in [0.1, 0.15) is 67.5 Å². The summed E-state index contributed by atoms with van der Waals surface area (Å²) in [7, 11) is 0. The predicted octanol–water partition coefficient (Wildman–Crippen LogP) is 3.95. The molecule has 0 bridgehead atoms. The van der Waals surface area contributed by atoms with E-state index in [0.717, 1.165) is 37.9 Å². The van der Waals surface area contributed by atoms with Crippen molar-refractivity contribution in [2.24, 2.45) is 0 Å². The maximum atomic E-state index is 12.6. The summed E-state index contributed by atoms with van der Waals surface area (Å²) in [5, 5.41) is 13.0. The molecule has 2 aromatic heterocycles. The number of carbonyl (C=O) groups excluding carboxylic acids is 2. The van der Waals surface area contributed by atoms with Crippen molar-refractivity contribution in [3.63, 3.8) is 0 Å². The van der Waals surface area contributed by atoms with Gasteiger partial charge in [0.15, 0.2) is 0 Å². The zero-order chi connectivity index (χ0) is 24.1. The number of oxazole rings is 1. The van der Waals surface area contributed by atoms with E-state index in [-0.39, 0.29) is 35.8 Å². The second kappa shape index (κ2) is 10.6. The monoisotopic (exact) mass is 465 g/mol. The van der Waals surface area contributed by atoms with Crippen LogP contribution in [0.15, 0.2) is 40.9 Å². The van der Waals surface area contributed by atoms with Crippen LogP contribution in [-0.2, 0) is 4.74 Å². The lowest BCUT2D eigenvalue weighted by Crippen LogP contribution is -2.40. The molecule has 0 aliphatic carbocycles. The van der Waals surface area contributed by atoms with Gasteiger partial charge in [0.25, 0.3) is 11.8 Å². The Kier molecular flexibility index (Phi) is 7.42. The summed E-state index contributed by atoms with van der Waals surface area (Å²) in [5.74, 6) is 0.0179. The summed E-state index contributed by atoms with van der Waals surface area (Å²) in [6, 6.07) is 9.19. The molecule has 0 saturated carbocycles. The minimum Gasteiger partial charge on any atom is -0.431 e.